The fraction of sp³-hybridized carbons (Fsp3) is 0.333. The third kappa shape index (κ3) is 2.83. The molecule has 4 nitrogen and oxygen atoms in total. The van der Waals surface area contributed by atoms with Gasteiger partial charge in [-0.05, 0) is 11.4 Å². The molecule has 0 amide bonds. The molecule has 0 bridgehead atoms. The molecule has 0 radical (unpaired) electrons. The lowest BCUT2D eigenvalue weighted by Crippen LogP contribution is -2.30. The van der Waals surface area contributed by atoms with Crippen molar-refractivity contribution in [3.8, 4) is 11.4 Å². The van der Waals surface area contributed by atoms with E-state index in [2.05, 4.69) is 14.7 Å². The molecule has 0 saturated heterocycles. The van der Waals surface area contributed by atoms with E-state index in [1.54, 1.807) is 16.8 Å². The van der Waals surface area contributed by atoms with Gasteiger partial charge in [0.1, 0.15) is 0 Å². The molecule has 0 aliphatic rings. The number of halogens is 3. The number of aliphatic hydroxyl groups is 1. The van der Waals surface area contributed by atoms with Crippen LogP contribution in [-0.2, 0) is 6.42 Å². The minimum absolute atomic E-state index is 0.218. The van der Waals surface area contributed by atoms with E-state index in [4.69, 9.17) is 5.11 Å². The molecule has 8 heteroatoms. The molecule has 2 heterocycles. The Kier molecular flexibility index (Phi) is 3.16. The molecule has 2 aromatic heterocycles. The summed E-state index contributed by atoms with van der Waals surface area (Å²) in [4.78, 5) is 3.78. The first-order valence-electron chi connectivity index (χ1n) is 4.57. The van der Waals surface area contributed by atoms with Crippen molar-refractivity contribution < 1.29 is 22.8 Å². The second kappa shape index (κ2) is 4.46. The third-order valence-corrected chi connectivity index (χ3v) is 2.68. The molecule has 0 spiro atoms. The molecule has 92 valence electrons. The molecule has 1 unspecified atom stereocenters. The van der Waals surface area contributed by atoms with Gasteiger partial charge in [0.25, 0.3) is 0 Å². The summed E-state index contributed by atoms with van der Waals surface area (Å²) in [6.45, 7) is 0. The molecule has 0 aliphatic carbocycles. The Balaban J connectivity index is 2.09. The lowest BCUT2D eigenvalue weighted by Gasteiger charge is -2.11. The van der Waals surface area contributed by atoms with Crippen LogP contribution in [0.15, 0.2) is 21.3 Å². The maximum absolute atomic E-state index is 12.1. The Labute approximate surface area is 97.7 Å². The molecule has 2 rings (SSSR count). The highest BCUT2D eigenvalue weighted by Gasteiger charge is 2.39. The van der Waals surface area contributed by atoms with Gasteiger partial charge in [-0.2, -0.15) is 29.5 Å². The van der Waals surface area contributed by atoms with E-state index >= 15 is 0 Å². The molecule has 2 aromatic rings. The SMILES string of the molecule is OC(Cc1nc(-c2ccsc2)no1)C(F)(F)F. The highest BCUT2D eigenvalue weighted by molar-refractivity contribution is 7.08. The topological polar surface area (TPSA) is 59.2 Å². The summed E-state index contributed by atoms with van der Waals surface area (Å²) in [5, 5.41) is 15.9. The second-order valence-corrected chi connectivity index (χ2v) is 4.07. The largest absolute Gasteiger partial charge is 0.414 e. The minimum Gasteiger partial charge on any atom is -0.383 e. The summed E-state index contributed by atoms with van der Waals surface area (Å²) in [7, 11) is 0. The van der Waals surface area contributed by atoms with Crippen LogP contribution in [0, 0.1) is 0 Å². The summed E-state index contributed by atoms with van der Waals surface area (Å²) in [5.74, 6) is -0.0216. The van der Waals surface area contributed by atoms with Gasteiger partial charge in [0.05, 0.1) is 6.42 Å². The molecular weight excluding hydrogens is 257 g/mol. The molecule has 1 N–H and O–H groups in total. The van der Waals surface area contributed by atoms with Crippen LogP contribution in [0.5, 0.6) is 0 Å². The van der Waals surface area contributed by atoms with Crippen LogP contribution in [0.3, 0.4) is 0 Å². The van der Waals surface area contributed by atoms with E-state index in [0.717, 1.165) is 0 Å². The fourth-order valence-corrected chi connectivity index (χ4v) is 1.76. The van der Waals surface area contributed by atoms with E-state index in [1.807, 2.05) is 0 Å². The highest BCUT2D eigenvalue weighted by atomic mass is 32.1. The Hall–Kier alpha value is -1.41. The molecule has 0 fully saturated rings. The molecule has 0 aliphatic heterocycles. The molecule has 0 saturated carbocycles. The third-order valence-electron chi connectivity index (χ3n) is 1.99. The van der Waals surface area contributed by atoms with Crippen molar-refractivity contribution in [2.45, 2.75) is 18.7 Å². The van der Waals surface area contributed by atoms with Gasteiger partial charge >= 0.3 is 6.18 Å². The van der Waals surface area contributed by atoms with E-state index in [9.17, 15) is 13.2 Å². The van der Waals surface area contributed by atoms with Crippen molar-refractivity contribution in [3.63, 3.8) is 0 Å². The van der Waals surface area contributed by atoms with Crippen LogP contribution in [0.1, 0.15) is 5.89 Å². The Morgan fingerprint density at radius 3 is 2.82 bits per heavy atom. The summed E-state index contributed by atoms with van der Waals surface area (Å²) in [6, 6.07) is 1.72. The Morgan fingerprint density at radius 1 is 1.47 bits per heavy atom. The van der Waals surface area contributed by atoms with Crippen LogP contribution in [0.25, 0.3) is 11.4 Å². The summed E-state index contributed by atoms with van der Waals surface area (Å²) in [6.07, 6.45) is -7.91. The number of hydrogen-bond donors (Lipinski definition) is 1. The standard InChI is InChI=1S/C9H7F3N2O2S/c10-9(11,12)6(15)3-7-13-8(14-16-7)5-1-2-17-4-5/h1-2,4,6,15H,3H2. The van der Waals surface area contributed by atoms with Gasteiger partial charge in [0.15, 0.2) is 6.10 Å². The maximum atomic E-state index is 12.1. The van der Waals surface area contributed by atoms with E-state index in [1.165, 1.54) is 11.3 Å². The van der Waals surface area contributed by atoms with Crippen molar-refractivity contribution in [1.29, 1.82) is 0 Å². The van der Waals surface area contributed by atoms with E-state index in [-0.39, 0.29) is 11.7 Å². The predicted molar refractivity (Wildman–Crippen MR) is 53.4 cm³/mol. The quantitative estimate of drug-likeness (QED) is 0.923. The van der Waals surface area contributed by atoms with Crippen LogP contribution in [0.2, 0.25) is 0 Å². The highest BCUT2D eigenvalue weighted by Crippen LogP contribution is 2.24. The second-order valence-electron chi connectivity index (χ2n) is 3.29. The lowest BCUT2D eigenvalue weighted by atomic mass is 10.2. The number of aliphatic hydroxyl groups excluding tert-OH is 1. The van der Waals surface area contributed by atoms with Crippen molar-refractivity contribution in [2.24, 2.45) is 0 Å². The zero-order chi connectivity index (χ0) is 12.5. The van der Waals surface area contributed by atoms with Crippen molar-refractivity contribution in [2.75, 3.05) is 0 Å². The zero-order valence-corrected chi connectivity index (χ0v) is 9.13. The molecule has 1 atom stereocenters. The average molecular weight is 264 g/mol. The van der Waals surface area contributed by atoms with Crippen molar-refractivity contribution in [3.05, 3.63) is 22.7 Å². The summed E-state index contributed by atoms with van der Waals surface area (Å²) < 4.78 is 40.9. The molecule has 0 aromatic carbocycles. The fourth-order valence-electron chi connectivity index (χ4n) is 1.13. The van der Waals surface area contributed by atoms with Gasteiger partial charge in [-0.15, -0.1) is 0 Å². The molecule has 17 heavy (non-hydrogen) atoms. The maximum Gasteiger partial charge on any atom is 0.414 e. The normalized spacial score (nSPS) is 13.9. The first-order valence-corrected chi connectivity index (χ1v) is 5.51. The van der Waals surface area contributed by atoms with Gasteiger partial charge in [-0.3, -0.25) is 0 Å². The monoisotopic (exact) mass is 264 g/mol. The number of thiophene rings is 1. The van der Waals surface area contributed by atoms with Gasteiger partial charge in [-0.25, -0.2) is 0 Å². The van der Waals surface area contributed by atoms with Crippen LogP contribution >= 0.6 is 11.3 Å². The average Bonchev–Trinajstić information content (AvgIpc) is 2.83. The van der Waals surface area contributed by atoms with Crippen LogP contribution in [-0.4, -0.2) is 27.5 Å². The Morgan fingerprint density at radius 2 is 2.24 bits per heavy atom. The zero-order valence-electron chi connectivity index (χ0n) is 8.31. The van der Waals surface area contributed by atoms with Gasteiger partial charge in [-0.1, -0.05) is 5.16 Å². The predicted octanol–water partition coefficient (Wildman–Crippen LogP) is 2.26. The number of hydrogen-bond acceptors (Lipinski definition) is 5. The minimum atomic E-state index is -4.68. The number of rotatable bonds is 3. The van der Waals surface area contributed by atoms with E-state index in [0.29, 0.717) is 5.56 Å². The van der Waals surface area contributed by atoms with Crippen molar-refractivity contribution >= 4 is 11.3 Å². The molecular formula is C9H7F3N2O2S. The summed E-state index contributed by atoms with van der Waals surface area (Å²) >= 11 is 1.41. The smallest absolute Gasteiger partial charge is 0.383 e. The number of nitrogens with zero attached hydrogens (tertiary/aromatic N) is 2. The number of aromatic nitrogens is 2. The van der Waals surface area contributed by atoms with Gasteiger partial charge in [0.2, 0.25) is 11.7 Å². The van der Waals surface area contributed by atoms with Crippen LogP contribution < -0.4 is 0 Å². The van der Waals surface area contributed by atoms with Crippen LogP contribution in [0.4, 0.5) is 13.2 Å². The lowest BCUT2D eigenvalue weighted by molar-refractivity contribution is -0.204. The van der Waals surface area contributed by atoms with Gasteiger partial charge in [0, 0.05) is 10.9 Å². The number of alkyl halides is 3. The van der Waals surface area contributed by atoms with Crippen molar-refractivity contribution in [1.82, 2.24) is 10.1 Å². The Bertz CT molecular complexity index is 481. The first kappa shape index (κ1) is 12.1. The first-order chi connectivity index (χ1) is 7.97. The van der Waals surface area contributed by atoms with Gasteiger partial charge < -0.3 is 9.63 Å². The van der Waals surface area contributed by atoms with E-state index < -0.39 is 18.7 Å². The summed E-state index contributed by atoms with van der Waals surface area (Å²) in [5.41, 5.74) is 0.673.